The fraction of sp³-hybridized carbons (Fsp3) is 0.562. The van der Waals surface area contributed by atoms with Crippen LogP contribution in [0.25, 0.3) is 0 Å². The van der Waals surface area contributed by atoms with Crippen LogP contribution >= 0.6 is 0 Å². The van der Waals surface area contributed by atoms with Gasteiger partial charge in [0.05, 0.1) is 6.61 Å². The third-order valence-electron chi connectivity index (χ3n) is 3.91. The molecular weight excluding hydrogens is 254 g/mol. The number of amides is 1. The highest BCUT2D eigenvalue weighted by Gasteiger charge is 2.42. The first-order valence-electron chi connectivity index (χ1n) is 7.04. The summed E-state index contributed by atoms with van der Waals surface area (Å²) < 4.78 is 5.63. The lowest BCUT2D eigenvalue weighted by Crippen LogP contribution is -2.35. The Bertz CT molecular complexity index is 483. The van der Waals surface area contributed by atoms with Crippen LogP contribution in [0.4, 0.5) is 0 Å². The van der Waals surface area contributed by atoms with Crippen molar-refractivity contribution in [1.29, 1.82) is 0 Å². The summed E-state index contributed by atoms with van der Waals surface area (Å²) in [5.74, 6) is 0.651. The van der Waals surface area contributed by atoms with E-state index in [1.165, 1.54) is 5.56 Å². The van der Waals surface area contributed by atoms with E-state index < -0.39 is 0 Å². The van der Waals surface area contributed by atoms with Crippen LogP contribution < -0.4 is 10.1 Å². The van der Waals surface area contributed by atoms with Gasteiger partial charge in [-0.1, -0.05) is 17.7 Å². The van der Waals surface area contributed by atoms with Crippen LogP contribution in [0.1, 0.15) is 29.5 Å². The number of hydrogen-bond acceptors (Lipinski definition) is 3. The molecule has 0 radical (unpaired) electrons. The third-order valence-corrected chi connectivity index (χ3v) is 3.91. The monoisotopic (exact) mass is 277 g/mol. The SMILES string of the molecule is Cc1cc(C)c(OCC(=O)NCC2(CO)CC2)c(C)c1. The number of ether oxygens (including phenoxy) is 1. The molecule has 0 unspecified atom stereocenters. The minimum atomic E-state index is -0.135. The molecule has 0 bridgehead atoms. The molecule has 1 aliphatic rings. The number of nitrogens with one attached hydrogen (secondary N) is 1. The number of aliphatic hydroxyl groups is 1. The van der Waals surface area contributed by atoms with E-state index >= 15 is 0 Å². The zero-order valence-electron chi connectivity index (χ0n) is 12.5. The molecule has 1 amide bonds. The number of carbonyl (C=O) groups excluding carboxylic acids is 1. The summed E-state index contributed by atoms with van der Waals surface area (Å²) >= 11 is 0. The summed E-state index contributed by atoms with van der Waals surface area (Å²) in [5, 5.41) is 12.0. The maximum Gasteiger partial charge on any atom is 0.257 e. The Hall–Kier alpha value is -1.55. The molecule has 2 N–H and O–H groups in total. The lowest BCUT2D eigenvalue weighted by atomic mass is 10.1. The van der Waals surface area contributed by atoms with Gasteiger partial charge < -0.3 is 15.2 Å². The van der Waals surface area contributed by atoms with Gasteiger partial charge in [-0.05, 0) is 44.7 Å². The standard InChI is InChI=1S/C16H23NO3/c1-11-6-12(2)15(13(3)7-11)20-8-14(19)17-9-16(10-18)4-5-16/h6-7,18H,4-5,8-10H2,1-3H3,(H,17,19). The summed E-state index contributed by atoms with van der Waals surface area (Å²) in [6, 6.07) is 4.09. The van der Waals surface area contributed by atoms with Crippen LogP contribution in [0.3, 0.4) is 0 Å². The Labute approximate surface area is 120 Å². The Balaban J connectivity index is 1.84. The fourth-order valence-electron chi connectivity index (χ4n) is 2.44. The highest BCUT2D eigenvalue weighted by molar-refractivity contribution is 5.77. The molecule has 4 nitrogen and oxygen atoms in total. The second kappa shape index (κ2) is 5.83. The van der Waals surface area contributed by atoms with E-state index in [9.17, 15) is 9.90 Å². The Kier molecular flexibility index (Phi) is 4.33. The first-order valence-corrected chi connectivity index (χ1v) is 7.04. The second-order valence-electron chi connectivity index (χ2n) is 5.95. The van der Waals surface area contributed by atoms with Gasteiger partial charge in [0.25, 0.3) is 5.91 Å². The first-order chi connectivity index (χ1) is 9.46. The van der Waals surface area contributed by atoms with Crippen LogP contribution in [-0.2, 0) is 4.79 Å². The van der Waals surface area contributed by atoms with Gasteiger partial charge in [0.15, 0.2) is 6.61 Å². The summed E-state index contributed by atoms with van der Waals surface area (Å²) in [4.78, 5) is 11.8. The summed E-state index contributed by atoms with van der Waals surface area (Å²) in [5.41, 5.74) is 3.22. The van der Waals surface area contributed by atoms with Crippen LogP contribution in [-0.4, -0.2) is 30.8 Å². The molecule has 0 spiro atoms. The highest BCUT2D eigenvalue weighted by Crippen LogP contribution is 2.44. The van der Waals surface area contributed by atoms with Crippen molar-refractivity contribution in [1.82, 2.24) is 5.32 Å². The lowest BCUT2D eigenvalue weighted by molar-refractivity contribution is -0.123. The van der Waals surface area contributed by atoms with Gasteiger partial charge in [0, 0.05) is 12.0 Å². The van der Waals surface area contributed by atoms with Crippen molar-refractivity contribution in [3.05, 3.63) is 28.8 Å². The molecule has 1 aromatic carbocycles. The molecule has 4 heteroatoms. The molecule has 0 heterocycles. The lowest BCUT2D eigenvalue weighted by Gasteiger charge is -2.15. The van der Waals surface area contributed by atoms with Crippen LogP contribution in [0.5, 0.6) is 5.75 Å². The summed E-state index contributed by atoms with van der Waals surface area (Å²) in [6.45, 7) is 6.71. The van der Waals surface area contributed by atoms with Gasteiger partial charge >= 0.3 is 0 Å². The molecule has 0 aromatic heterocycles. The number of aryl methyl sites for hydroxylation is 3. The molecule has 110 valence electrons. The van der Waals surface area contributed by atoms with Gasteiger partial charge in [-0.15, -0.1) is 0 Å². The second-order valence-corrected chi connectivity index (χ2v) is 5.95. The van der Waals surface area contributed by atoms with Gasteiger partial charge in [-0.3, -0.25) is 4.79 Å². The largest absolute Gasteiger partial charge is 0.483 e. The molecule has 1 aliphatic carbocycles. The van der Waals surface area contributed by atoms with E-state index in [0.29, 0.717) is 6.54 Å². The molecular formula is C16H23NO3. The molecule has 0 saturated heterocycles. The van der Waals surface area contributed by atoms with Crippen molar-refractivity contribution < 1.29 is 14.6 Å². The first kappa shape index (κ1) is 14.9. The molecule has 1 fully saturated rings. The molecule has 20 heavy (non-hydrogen) atoms. The topological polar surface area (TPSA) is 58.6 Å². The minimum absolute atomic E-state index is 0.0201. The van der Waals surface area contributed by atoms with E-state index in [1.54, 1.807) is 0 Å². The van der Waals surface area contributed by atoms with Crippen LogP contribution in [0, 0.1) is 26.2 Å². The predicted octanol–water partition coefficient (Wildman–Crippen LogP) is 1.88. The smallest absolute Gasteiger partial charge is 0.257 e. The maximum atomic E-state index is 11.8. The average Bonchev–Trinajstić information content (AvgIpc) is 3.15. The highest BCUT2D eigenvalue weighted by atomic mass is 16.5. The zero-order valence-corrected chi connectivity index (χ0v) is 12.5. The minimum Gasteiger partial charge on any atom is -0.483 e. The van der Waals surface area contributed by atoms with E-state index in [2.05, 4.69) is 5.32 Å². The van der Waals surface area contributed by atoms with E-state index in [0.717, 1.165) is 29.7 Å². The number of benzene rings is 1. The third kappa shape index (κ3) is 3.51. The average molecular weight is 277 g/mol. The Morgan fingerprint density at radius 2 is 1.90 bits per heavy atom. The van der Waals surface area contributed by atoms with E-state index in [4.69, 9.17) is 4.74 Å². The van der Waals surface area contributed by atoms with Crippen molar-refractivity contribution >= 4 is 5.91 Å². The quantitative estimate of drug-likeness (QED) is 0.834. The summed E-state index contributed by atoms with van der Waals surface area (Å²) in [6.07, 6.45) is 1.97. The Morgan fingerprint density at radius 1 is 1.30 bits per heavy atom. The normalized spacial score (nSPS) is 15.8. The molecule has 0 atom stereocenters. The molecule has 1 aromatic rings. The maximum absolute atomic E-state index is 11.8. The number of hydrogen-bond donors (Lipinski definition) is 2. The molecule has 1 saturated carbocycles. The number of aliphatic hydroxyl groups excluding tert-OH is 1. The zero-order chi connectivity index (χ0) is 14.8. The molecule has 0 aliphatic heterocycles. The fourth-order valence-corrected chi connectivity index (χ4v) is 2.44. The van der Waals surface area contributed by atoms with Gasteiger partial charge in [-0.25, -0.2) is 0 Å². The van der Waals surface area contributed by atoms with Gasteiger partial charge in [0.1, 0.15) is 5.75 Å². The molecule has 2 rings (SSSR count). The van der Waals surface area contributed by atoms with Crippen molar-refractivity contribution in [3.8, 4) is 5.75 Å². The summed E-state index contributed by atoms with van der Waals surface area (Å²) in [7, 11) is 0. The number of carbonyl (C=O) groups is 1. The van der Waals surface area contributed by atoms with Crippen LogP contribution in [0.15, 0.2) is 12.1 Å². The number of rotatable bonds is 6. The van der Waals surface area contributed by atoms with Crippen molar-refractivity contribution in [2.75, 3.05) is 19.8 Å². The van der Waals surface area contributed by atoms with Crippen molar-refractivity contribution in [3.63, 3.8) is 0 Å². The van der Waals surface area contributed by atoms with Gasteiger partial charge in [-0.2, -0.15) is 0 Å². The predicted molar refractivity (Wildman–Crippen MR) is 77.9 cm³/mol. The van der Waals surface area contributed by atoms with Crippen LogP contribution in [0.2, 0.25) is 0 Å². The van der Waals surface area contributed by atoms with E-state index in [-0.39, 0.29) is 24.5 Å². The van der Waals surface area contributed by atoms with Gasteiger partial charge in [0.2, 0.25) is 0 Å². The van der Waals surface area contributed by atoms with Crippen molar-refractivity contribution in [2.45, 2.75) is 33.6 Å². The Morgan fingerprint density at radius 3 is 2.40 bits per heavy atom. The van der Waals surface area contributed by atoms with Crippen molar-refractivity contribution in [2.24, 2.45) is 5.41 Å². The van der Waals surface area contributed by atoms with E-state index in [1.807, 2.05) is 32.9 Å².